The van der Waals surface area contributed by atoms with Crippen LogP contribution in [0.1, 0.15) is 5.69 Å². The van der Waals surface area contributed by atoms with Gasteiger partial charge in [0, 0.05) is 7.11 Å². The second kappa shape index (κ2) is 6.82. The molecule has 0 bridgehead atoms. The van der Waals surface area contributed by atoms with Gasteiger partial charge in [-0.25, -0.2) is 4.98 Å². The fourth-order valence-corrected chi connectivity index (χ4v) is 0.913. The largest absolute Gasteiger partial charge is 0.384 e. The minimum absolute atomic E-state index is 0.375. The molecule has 0 atom stereocenters. The van der Waals surface area contributed by atoms with Crippen molar-refractivity contribution in [3.8, 4) is 11.8 Å². The van der Waals surface area contributed by atoms with E-state index in [4.69, 9.17) is 15.2 Å². The van der Waals surface area contributed by atoms with Gasteiger partial charge in [0.05, 0.1) is 13.2 Å². The summed E-state index contributed by atoms with van der Waals surface area (Å²) in [6.45, 7) is 1.51. The topological polar surface area (TPSA) is 57.4 Å². The molecule has 15 heavy (non-hydrogen) atoms. The van der Waals surface area contributed by atoms with Gasteiger partial charge in [-0.05, 0) is 18.1 Å². The molecule has 0 saturated carbocycles. The normalized spacial score (nSPS) is 9.40. The Bertz CT molecular complexity index is 355. The van der Waals surface area contributed by atoms with Crippen molar-refractivity contribution in [1.82, 2.24) is 4.98 Å². The summed E-state index contributed by atoms with van der Waals surface area (Å²) < 4.78 is 9.99. The van der Waals surface area contributed by atoms with Crippen molar-refractivity contribution < 1.29 is 9.47 Å². The molecule has 0 aromatic carbocycles. The number of nitrogens with zero attached hydrogens (tertiary/aromatic N) is 1. The van der Waals surface area contributed by atoms with E-state index in [2.05, 4.69) is 16.8 Å². The van der Waals surface area contributed by atoms with Gasteiger partial charge < -0.3 is 15.2 Å². The molecule has 1 aromatic heterocycles. The zero-order valence-electron chi connectivity index (χ0n) is 8.69. The smallest absolute Gasteiger partial charge is 0.124 e. The summed E-state index contributed by atoms with van der Waals surface area (Å²) >= 11 is 0. The monoisotopic (exact) mass is 206 g/mol. The zero-order chi connectivity index (χ0) is 10.9. The van der Waals surface area contributed by atoms with Crippen molar-refractivity contribution in [2.75, 3.05) is 32.7 Å². The lowest BCUT2D eigenvalue weighted by Crippen LogP contribution is -2.01. The molecule has 1 rings (SSSR count). The molecule has 2 N–H and O–H groups in total. The Hall–Kier alpha value is -1.57. The summed E-state index contributed by atoms with van der Waals surface area (Å²) in [7, 11) is 1.63. The molecule has 4 nitrogen and oxygen atoms in total. The van der Waals surface area contributed by atoms with Crippen molar-refractivity contribution >= 4 is 5.82 Å². The van der Waals surface area contributed by atoms with E-state index >= 15 is 0 Å². The van der Waals surface area contributed by atoms with Gasteiger partial charge in [0.1, 0.15) is 18.1 Å². The molecule has 0 aliphatic rings. The van der Waals surface area contributed by atoms with Crippen LogP contribution in [0.4, 0.5) is 5.82 Å². The average Bonchev–Trinajstić information content (AvgIpc) is 2.23. The number of aromatic nitrogens is 1. The zero-order valence-corrected chi connectivity index (χ0v) is 8.69. The van der Waals surface area contributed by atoms with Crippen molar-refractivity contribution in [3.63, 3.8) is 0 Å². The molecule has 0 amide bonds. The minimum Gasteiger partial charge on any atom is -0.384 e. The number of hydrogen-bond acceptors (Lipinski definition) is 4. The number of methoxy groups -OCH3 is 1. The third-order valence-electron chi connectivity index (χ3n) is 1.59. The van der Waals surface area contributed by atoms with E-state index in [1.165, 1.54) is 0 Å². The summed E-state index contributed by atoms with van der Waals surface area (Å²) in [5.74, 6) is 6.17. The number of pyridine rings is 1. The molecule has 1 heterocycles. The molecule has 0 spiro atoms. The number of nitrogens with two attached hydrogens (primary N) is 1. The van der Waals surface area contributed by atoms with Crippen LogP contribution in [0.2, 0.25) is 0 Å². The Morgan fingerprint density at radius 3 is 3.00 bits per heavy atom. The minimum atomic E-state index is 0.375. The molecule has 80 valence electrons. The summed E-state index contributed by atoms with van der Waals surface area (Å²) in [6.07, 6.45) is 0. The molecule has 0 radical (unpaired) electrons. The summed E-state index contributed by atoms with van der Waals surface area (Å²) in [5, 5.41) is 0. The highest BCUT2D eigenvalue weighted by Crippen LogP contribution is 1.97. The molecule has 0 saturated heterocycles. The first-order chi connectivity index (χ1) is 7.33. The number of rotatable bonds is 4. The summed E-state index contributed by atoms with van der Waals surface area (Å²) in [5.41, 5.74) is 6.16. The van der Waals surface area contributed by atoms with Gasteiger partial charge in [0.2, 0.25) is 0 Å². The lowest BCUT2D eigenvalue weighted by Gasteiger charge is -1.96. The van der Waals surface area contributed by atoms with E-state index in [0.717, 1.165) is 0 Å². The van der Waals surface area contributed by atoms with Gasteiger partial charge in [-0.15, -0.1) is 0 Å². The van der Waals surface area contributed by atoms with Gasteiger partial charge in [-0.1, -0.05) is 12.0 Å². The van der Waals surface area contributed by atoms with Gasteiger partial charge in [-0.3, -0.25) is 0 Å². The highest BCUT2D eigenvalue weighted by atomic mass is 16.5. The van der Waals surface area contributed by atoms with Crippen molar-refractivity contribution in [2.24, 2.45) is 0 Å². The fraction of sp³-hybridized carbons (Fsp3) is 0.364. The van der Waals surface area contributed by atoms with E-state index in [1.807, 2.05) is 6.07 Å². The number of hydrogen-bond donors (Lipinski definition) is 1. The average molecular weight is 206 g/mol. The lowest BCUT2D eigenvalue weighted by molar-refractivity contribution is 0.0877. The number of ether oxygens (including phenoxy) is 2. The first kappa shape index (κ1) is 11.5. The highest BCUT2D eigenvalue weighted by molar-refractivity contribution is 5.36. The van der Waals surface area contributed by atoms with Crippen molar-refractivity contribution in [3.05, 3.63) is 23.9 Å². The maximum atomic E-state index is 5.50. The molecule has 0 unspecified atom stereocenters. The maximum absolute atomic E-state index is 5.50. The van der Waals surface area contributed by atoms with Crippen LogP contribution < -0.4 is 5.73 Å². The Morgan fingerprint density at radius 2 is 2.27 bits per heavy atom. The summed E-state index contributed by atoms with van der Waals surface area (Å²) in [4.78, 5) is 4.03. The van der Waals surface area contributed by atoms with Gasteiger partial charge in [0.25, 0.3) is 0 Å². The third kappa shape index (κ3) is 5.01. The molecule has 0 aliphatic heterocycles. The van der Waals surface area contributed by atoms with E-state index in [1.54, 1.807) is 19.2 Å². The van der Waals surface area contributed by atoms with E-state index in [0.29, 0.717) is 31.3 Å². The lowest BCUT2D eigenvalue weighted by atomic mass is 10.3. The molecule has 4 heteroatoms. The Kier molecular flexibility index (Phi) is 5.23. The van der Waals surface area contributed by atoms with E-state index < -0.39 is 0 Å². The maximum Gasteiger partial charge on any atom is 0.124 e. The Morgan fingerprint density at radius 1 is 1.40 bits per heavy atom. The van der Waals surface area contributed by atoms with Gasteiger partial charge in [0.15, 0.2) is 0 Å². The SMILES string of the molecule is COCCOCC#Cc1cccc(N)n1. The number of anilines is 1. The predicted molar refractivity (Wildman–Crippen MR) is 58.2 cm³/mol. The predicted octanol–water partition coefficient (Wildman–Crippen LogP) is 0.678. The van der Waals surface area contributed by atoms with Crippen molar-refractivity contribution in [2.45, 2.75) is 0 Å². The summed E-state index contributed by atoms with van der Waals surface area (Å²) in [6, 6.07) is 5.34. The molecule has 0 fully saturated rings. The second-order valence-electron chi connectivity index (χ2n) is 2.79. The van der Waals surface area contributed by atoms with Crippen LogP contribution >= 0.6 is 0 Å². The standard InChI is InChI=1S/C11H14N2O2/c1-14-8-9-15-7-3-5-10-4-2-6-11(12)13-10/h2,4,6H,7-9H2,1H3,(H2,12,13). The highest BCUT2D eigenvalue weighted by Gasteiger charge is 1.88. The van der Waals surface area contributed by atoms with Crippen LogP contribution in [0.5, 0.6) is 0 Å². The Balaban J connectivity index is 2.32. The number of nitrogen functional groups attached to an aromatic ring is 1. The van der Waals surface area contributed by atoms with Crippen LogP contribution in [0.3, 0.4) is 0 Å². The fourth-order valence-electron chi connectivity index (χ4n) is 0.913. The van der Waals surface area contributed by atoms with Crippen LogP contribution in [-0.4, -0.2) is 31.9 Å². The first-order valence-corrected chi connectivity index (χ1v) is 4.61. The Labute approximate surface area is 89.4 Å². The van der Waals surface area contributed by atoms with Crippen LogP contribution in [0, 0.1) is 11.8 Å². The molecular weight excluding hydrogens is 192 g/mol. The van der Waals surface area contributed by atoms with Crippen LogP contribution in [0.15, 0.2) is 18.2 Å². The molecule has 1 aromatic rings. The van der Waals surface area contributed by atoms with Gasteiger partial charge >= 0.3 is 0 Å². The molecular formula is C11H14N2O2. The van der Waals surface area contributed by atoms with Gasteiger partial charge in [-0.2, -0.15) is 0 Å². The third-order valence-corrected chi connectivity index (χ3v) is 1.59. The molecule has 0 aliphatic carbocycles. The van der Waals surface area contributed by atoms with Crippen LogP contribution in [-0.2, 0) is 9.47 Å². The first-order valence-electron chi connectivity index (χ1n) is 4.61. The van der Waals surface area contributed by atoms with Crippen LogP contribution in [0.25, 0.3) is 0 Å². The van der Waals surface area contributed by atoms with E-state index in [-0.39, 0.29) is 0 Å². The van der Waals surface area contributed by atoms with E-state index in [9.17, 15) is 0 Å². The van der Waals surface area contributed by atoms with Crippen molar-refractivity contribution in [1.29, 1.82) is 0 Å². The second-order valence-corrected chi connectivity index (χ2v) is 2.79. The quantitative estimate of drug-likeness (QED) is 0.581.